The van der Waals surface area contributed by atoms with Gasteiger partial charge >= 0.3 is 0 Å². The summed E-state index contributed by atoms with van der Waals surface area (Å²) >= 11 is 0. The molecule has 1 aromatic heterocycles. The molecule has 0 aliphatic heterocycles. The van der Waals surface area contributed by atoms with Gasteiger partial charge < -0.3 is 10.1 Å². The summed E-state index contributed by atoms with van der Waals surface area (Å²) in [5.74, 6) is 0.815. The van der Waals surface area contributed by atoms with E-state index in [2.05, 4.69) is 15.3 Å². The van der Waals surface area contributed by atoms with E-state index in [1.54, 1.807) is 13.3 Å². The second-order valence-corrected chi connectivity index (χ2v) is 3.24. The number of hydrogen-bond acceptors (Lipinski definition) is 4. The Morgan fingerprint density at radius 3 is 2.93 bits per heavy atom. The summed E-state index contributed by atoms with van der Waals surface area (Å²) in [7, 11) is 3.63. The number of aryl methyl sites for hydroxylation is 1. The average Bonchev–Trinajstić information content (AvgIpc) is 2.17. The molecule has 0 bridgehead atoms. The number of likely N-dealkylation sites (N-methyl/N-ethyl adjacent to an activating group) is 1. The van der Waals surface area contributed by atoms with E-state index in [0.29, 0.717) is 12.6 Å². The number of methoxy groups -OCH3 is 1. The lowest BCUT2D eigenvalue weighted by Gasteiger charge is -2.14. The van der Waals surface area contributed by atoms with E-state index in [4.69, 9.17) is 4.74 Å². The molecule has 1 N–H and O–H groups in total. The van der Waals surface area contributed by atoms with Crippen LogP contribution in [-0.2, 0) is 11.2 Å². The number of ether oxygens (including phenoxy) is 1. The van der Waals surface area contributed by atoms with Crippen molar-refractivity contribution < 1.29 is 4.74 Å². The molecule has 1 aromatic rings. The monoisotopic (exact) mass is 195 g/mol. The van der Waals surface area contributed by atoms with Gasteiger partial charge in [-0.25, -0.2) is 9.97 Å². The lowest BCUT2D eigenvalue weighted by Crippen LogP contribution is -2.32. The van der Waals surface area contributed by atoms with Crippen LogP contribution < -0.4 is 5.32 Å². The van der Waals surface area contributed by atoms with Crippen molar-refractivity contribution in [1.82, 2.24) is 15.3 Å². The Bertz CT molecular complexity index is 278. The van der Waals surface area contributed by atoms with Crippen LogP contribution in [0.2, 0.25) is 0 Å². The minimum Gasteiger partial charge on any atom is -0.383 e. The molecular weight excluding hydrogens is 178 g/mol. The first-order valence-corrected chi connectivity index (χ1v) is 4.71. The van der Waals surface area contributed by atoms with Gasteiger partial charge in [0.25, 0.3) is 0 Å². The molecule has 14 heavy (non-hydrogen) atoms. The molecule has 1 rings (SSSR count). The van der Waals surface area contributed by atoms with Crippen LogP contribution in [0.4, 0.5) is 0 Å². The van der Waals surface area contributed by atoms with Gasteiger partial charge in [0, 0.05) is 31.5 Å². The SMILES string of the molecule is CNC(COC)Cc1ccnc(C)n1. The highest BCUT2D eigenvalue weighted by molar-refractivity contribution is 5.03. The Hall–Kier alpha value is -1.00. The van der Waals surface area contributed by atoms with Crippen molar-refractivity contribution >= 4 is 0 Å². The van der Waals surface area contributed by atoms with Crippen molar-refractivity contribution in [2.45, 2.75) is 19.4 Å². The molecule has 0 aromatic carbocycles. The topological polar surface area (TPSA) is 47.0 Å². The third-order valence-electron chi connectivity index (χ3n) is 2.07. The van der Waals surface area contributed by atoms with E-state index in [1.165, 1.54) is 0 Å². The van der Waals surface area contributed by atoms with Gasteiger partial charge in [0.2, 0.25) is 0 Å². The van der Waals surface area contributed by atoms with Crippen molar-refractivity contribution in [2.75, 3.05) is 20.8 Å². The molecule has 0 amide bonds. The molecule has 1 unspecified atom stereocenters. The normalized spacial score (nSPS) is 12.8. The van der Waals surface area contributed by atoms with E-state index in [1.807, 2.05) is 20.0 Å². The van der Waals surface area contributed by atoms with Gasteiger partial charge in [0.1, 0.15) is 5.82 Å². The molecule has 0 spiro atoms. The van der Waals surface area contributed by atoms with Gasteiger partial charge in [-0.3, -0.25) is 0 Å². The Morgan fingerprint density at radius 2 is 2.36 bits per heavy atom. The molecule has 0 aliphatic carbocycles. The molecule has 0 fully saturated rings. The maximum atomic E-state index is 5.09. The highest BCUT2D eigenvalue weighted by Crippen LogP contribution is 2.00. The van der Waals surface area contributed by atoms with E-state index < -0.39 is 0 Å². The van der Waals surface area contributed by atoms with Crippen molar-refractivity contribution in [1.29, 1.82) is 0 Å². The largest absolute Gasteiger partial charge is 0.383 e. The van der Waals surface area contributed by atoms with Gasteiger partial charge in [0.15, 0.2) is 0 Å². The molecule has 1 atom stereocenters. The lowest BCUT2D eigenvalue weighted by molar-refractivity contribution is 0.169. The number of nitrogens with zero attached hydrogens (tertiary/aromatic N) is 2. The summed E-state index contributed by atoms with van der Waals surface area (Å²) in [5, 5.41) is 3.19. The second-order valence-electron chi connectivity index (χ2n) is 3.24. The maximum absolute atomic E-state index is 5.09. The van der Waals surface area contributed by atoms with Crippen LogP contribution in [-0.4, -0.2) is 36.8 Å². The van der Waals surface area contributed by atoms with E-state index in [9.17, 15) is 0 Å². The van der Waals surface area contributed by atoms with Crippen molar-refractivity contribution in [2.24, 2.45) is 0 Å². The Morgan fingerprint density at radius 1 is 1.57 bits per heavy atom. The number of hydrogen-bond donors (Lipinski definition) is 1. The number of aromatic nitrogens is 2. The molecule has 4 heteroatoms. The lowest BCUT2D eigenvalue weighted by atomic mass is 10.1. The fraction of sp³-hybridized carbons (Fsp3) is 0.600. The Balaban J connectivity index is 2.57. The minimum atomic E-state index is 0.314. The van der Waals surface area contributed by atoms with Crippen LogP contribution in [0, 0.1) is 6.92 Å². The van der Waals surface area contributed by atoms with Crippen molar-refractivity contribution in [3.63, 3.8) is 0 Å². The standard InChI is InChI=1S/C10H17N3O/c1-8-12-5-4-9(13-8)6-10(11-2)7-14-3/h4-5,10-11H,6-7H2,1-3H3. The van der Waals surface area contributed by atoms with Crippen molar-refractivity contribution in [3.05, 3.63) is 23.8 Å². The van der Waals surface area contributed by atoms with Gasteiger partial charge in [-0.2, -0.15) is 0 Å². The Kier molecular flexibility index (Phi) is 4.49. The third-order valence-corrected chi connectivity index (χ3v) is 2.07. The summed E-state index contributed by atoms with van der Waals surface area (Å²) in [4.78, 5) is 8.39. The first-order valence-electron chi connectivity index (χ1n) is 4.71. The summed E-state index contributed by atoms with van der Waals surface area (Å²) in [6.07, 6.45) is 2.66. The molecule has 0 radical (unpaired) electrons. The van der Waals surface area contributed by atoms with Gasteiger partial charge in [-0.1, -0.05) is 0 Å². The van der Waals surface area contributed by atoms with Gasteiger partial charge in [-0.15, -0.1) is 0 Å². The van der Waals surface area contributed by atoms with E-state index >= 15 is 0 Å². The average molecular weight is 195 g/mol. The molecule has 78 valence electrons. The predicted molar refractivity (Wildman–Crippen MR) is 55.2 cm³/mol. The highest BCUT2D eigenvalue weighted by atomic mass is 16.5. The predicted octanol–water partition coefficient (Wildman–Crippen LogP) is 0.562. The zero-order chi connectivity index (χ0) is 10.4. The molecule has 0 saturated heterocycles. The smallest absolute Gasteiger partial charge is 0.125 e. The van der Waals surface area contributed by atoms with Crippen LogP contribution in [0.1, 0.15) is 11.5 Å². The number of nitrogens with one attached hydrogen (secondary N) is 1. The first-order chi connectivity index (χ1) is 6.76. The van der Waals surface area contributed by atoms with Gasteiger partial charge in [0.05, 0.1) is 6.61 Å². The van der Waals surface area contributed by atoms with E-state index in [-0.39, 0.29) is 0 Å². The zero-order valence-electron chi connectivity index (χ0n) is 8.95. The molecule has 0 aliphatic rings. The van der Waals surface area contributed by atoms with Gasteiger partial charge in [-0.05, 0) is 20.0 Å². The molecular formula is C10H17N3O. The first kappa shape index (κ1) is 11.1. The summed E-state index contributed by atoms with van der Waals surface area (Å²) in [6, 6.07) is 2.25. The van der Waals surface area contributed by atoms with Crippen LogP contribution in [0.5, 0.6) is 0 Å². The fourth-order valence-electron chi connectivity index (χ4n) is 1.32. The minimum absolute atomic E-state index is 0.314. The van der Waals surface area contributed by atoms with Crippen LogP contribution >= 0.6 is 0 Å². The maximum Gasteiger partial charge on any atom is 0.125 e. The molecule has 1 heterocycles. The van der Waals surface area contributed by atoms with Crippen LogP contribution in [0.25, 0.3) is 0 Å². The Labute approximate surface area is 84.7 Å². The van der Waals surface area contributed by atoms with Crippen LogP contribution in [0.3, 0.4) is 0 Å². The molecule has 0 saturated carbocycles. The summed E-state index contributed by atoms with van der Waals surface area (Å²) in [6.45, 7) is 2.59. The quantitative estimate of drug-likeness (QED) is 0.746. The highest BCUT2D eigenvalue weighted by Gasteiger charge is 2.07. The van der Waals surface area contributed by atoms with Crippen molar-refractivity contribution in [3.8, 4) is 0 Å². The summed E-state index contributed by atoms with van der Waals surface area (Å²) < 4.78 is 5.09. The number of rotatable bonds is 5. The third kappa shape index (κ3) is 3.40. The summed E-state index contributed by atoms with van der Waals surface area (Å²) in [5.41, 5.74) is 1.05. The second kappa shape index (κ2) is 5.67. The fourth-order valence-corrected chi connectivity index (χ4v) is 1.32. The zero-order valence-corrected chi connectivity index (χ0v) is 8.95. The molecule has 4 nitrogen and oxygen atoms in total. The van der Waals surface area contributed by atoms with Crippen LogP contribution in [0.15, 0.2) is 12.3 Å². The van der Waals surface area contributed by atoms with E-state index in [0.717, 1.165) is 17.9 Å².